The van der Waals surface area contributed by atoms with Crippen LogP contribution in [0.3, 0.4) is 0 Å². The van der Waals surface area contributed by atoms with Crippen molar-refractivity contribution >= 4 is 27.5 Å². The van der Waals surface area contributed by atoms with E-state index in [1.54, 1.807) is 17.0 Å². The Labute approximate surface area is 143 Å². The Morgan fingerprint density at radius 2 is 2.04 bits per heavy atom. The summed E-state index contributed by atoms with van der Waals surface area (Å²) in [6.45, 7) is 5.84. The molecular weight excluding hydrogens is 336 g/mol. The first-order valence-corrected chi connectivity index (χ1v) is 9.76. The molecule has 0 radical (unpaired) electrons. The number of hydrogen-bond acceptors (Lipinski definition) is 3. The summed E-state index contributed by atoms with van der Waals surface area (Å²) in [5, 5.41) is 0.388. The SMILES string of the molecule is CCN(CC)C(=O)C1CCCN(S(=O)(=O)c2cccc(Cl)c2)C1. The molecule has 23 heavy (non-hydrogen) atoms. The number of sulfonamides is 1. The second kappa shape index (κ2) is 7.64. The molecule has 5 nitrogen and oxygen atoms in total. The number of benzene rings is 1. The molecule has 1 atom stereocenters. The first-order chi connectivity index (χ1) is 10.9. The molecule has 1 saturated heterocycles. The summed E-state index contributed by atoms with van der Waals surface area (Å²) in [6.07, 6.45) is 1.42. The van der Waals surface area contributed by atoms with Gasteiger partial charge in [-0.15, -0.1) is 0 Å². The van der Waals surface area contributed by atoms with Crippen LogP contribution in [0.5, 0.6) is 0 Å². The summed E-state index contributed by atoms with van der Waals surface area (Å²) in [6, 6.07) is 6.25. The van der Waals surface area contributed by atoms with E-state index in [1.807, 2.05) is 13.8 Å². The third-order valence-corrected chi connectivity index (χ3v) is 6.34. The average molecular weight is 359 g/mol. The van der Waals surface area contributed by atoms with Gasteiger partial charge in [0, 0.05) is 31.2 Å². The molecule has 1 amide bonds. The van der Waals surface area contributed by atoms with E-state index in [2.05, 4.69) is 0 Å². The van der Waals surface area contributed by atoms with Crippen LogP contribution in [0.2, 0.25) is 5.02 Å². The molecule has 0 aliphatic carbocycles. The van der Waals surface area contributed by atoms with Gasteiger partial charge >= 0.3 is 0 Å². The van der Waals surface area contributed by atoms with Crippen molar-refractivity contribution in [3.05, 3.63) is 29.3 Å². The number of nitrogens with zero attached hydrogens (tertiary/aromatic N) is 2. The predicted octanol–water partition coefficient (Wildman–Crippen LogP) is 2.61. The van der Waals surface area contributed by atoms with Gasteiger partial charge in [0.1, 0.15) is 0 Å². The normalized spacial score (nSPS) is 19.5. The summed E-state index contributed by atoms with van der Waals surface area (Å²) in [5.74, 6) is -0.224. The molecule has 0 spiro atoms. The Bertz CT molecular complexity index is 659. The summed E-state index contributed by atoms with van der Waals surface area (Å²) in [5.41, 5.74) is 0. The zero-order valence-electron chi connectivity index (χ0n) is 13.5. The third-order valence-electron chi connectivity index (χ3n) is 4.24. The molecule has 1 aromatic carbocycles. The van der Waals surface area contributed by atoms with E-state index < -0.39 is 10.0 Å². The van der Waals surface area contributed by atoms with E-state index in [0.29, 0.717) is 31.1 Å². The van der Waals surface area contributed by atoms with Crippen molar-refractivity contribution in [3.8, 4) is 0 Å². The molecule has 1 aliphatic heterocycles. The second-order valence-electron chi connectivity index (χ2n) is 5.67. The number of rotatable bonds is 5. The Hall–Kier alpha value is -1.11. The van der Waals surface area contributed by atoms with E-state index in [9.17, 15) is 13.2 Å². The van der Waals surface area contributed by atoms with Gasteiger partial charge < -0.3 is 4.90 Å². The summed E-state index contributed by atoms with van der Waals surface area (Å²) >= 11 is 5.90. The molecule has 0 aromatic heterocycles. The van der Waals surface area contributed by atoms with Crippen LogP contribution in [-0.4, -0.2) is 49.7 Å². The van der Waals surface area contributed by atoms with Gasteiger partial charge in [0.05, 0.1) is 10.8 Å². The maximum Gasteiger partial charge on any atom is 0.243 e. The zero-order chi connectivity index (χ0) is 17.0. The largest absolute Gasteiger partial charge is 0.343 e. The molecule has 1 aliphatic rings. The molecular formula is C16H23ClN2O3S. The van der Waals surface area contributed by atoms with E-state index in [0.717, 1.165) is 6.42 Å². The first-order valence-electron chi connectivity index (χ1n) is 7.94. The first kappa shape index (κ1) is 18.2. The zero-order valence-corrected chi connectivity index (χ0v) is 15.1. The van der Waals surface area contributed by atoms with E-state index >= 15 is 0 Å². The molecule has 2 rings (SSSR count). The minimum atomic E-state index is -3.61. The van der Waals surface area contributed by atoms with Crippen molar-refractivity contribution in [2.75, 3.05) is 26.2 Å². The standard InChI is InChI=1S/C16H23ClN2O3S/c1-3-18(4-2)16(20)13-7-6-10-19(12-13)23(21,22)15-9-5-8-14(17)11-15/h5,8-9,11,13H,3-4,6-7,10,12H2,1-2H3. The van der Waals surface area contributed by atoms with Gasteiger partial charge in [0.15, 0.2) is 0 Å². The molecule has 7 heteroatoms. The smallest absolute Gasteiger partial charge is 0.243 e. The quantitative estimate of drug-likeness (QED) is 0.813. The average Bonchev–Trinajstić information content (AvgIpc) is 2.56. The van der Waals surface area contributed by atoms with Crippen LogP contribution in [0.25, 0.3) is 0 Å². The van der Waals surface area contributed by atoms with Crippen molar-refractivity contribution in [1.29, 1.82) is 0 Å². The molecule has 0 bridgehead atoms. The maximum atomic E-state index is 12.8. The molecule has 128 valence electrons. The van der Waals surface area contributed by atoms with Crippen molar-refractivity contribution in [1.82, 2.24) is 9.21 Å². The van der Waals surface area contributed by atoms with E-state index in [4.69, 9.17) is 11.6 Å². The van der Waals surface area contributed by atoms with Crippen LogP contribution in [0.4, 0.5) is 0 Å². The van der Waals surface area contributed by atoms with Crippen molar-refractivity contribution in [2.24, 2.45) is 5.92 Å². The fourth-order valence-corrected chi connectivity index (χ4v) is 4.76. The monoisotopic (exact) mass is 358 g/mol. The van der Waals surface area contributed by atoms with Crippen LogP contribution in [0.1, 0.15) is 26.7 Å². The van der Waals surface area contributed by atoms with Gasteiger partial charge in [-0.2, -0.15) is 4.31 Å². The Morgan fingerprint density at radius 3 is 2.65 bits per heavy atom. The molecule has 1 fully saturated rings. The number of carbonyl (C=O) groups is 1. The van der Waals surface area contributed by atoms with Crippen LogP contribution in [0, 0.1) is 5.92 Å². The van der Waals surface area contributed by atoms with E-state index in [-0.39, 0.29) is 23.3 Å². The van der Waals surface area contributed by atoms with Gasteiger partial charge in [-0.25, -0.2) is 8.42 Å². The number of amides is 1. The Kier molecular flexibility index (Phi) is 6.06. The van der Waals surface area contributed by atoms with Crippen molar-refractivity contribution < 1.29 is 13.2 Å². The van der Waals surface area contributed by atoms with Gasteiger partial charge in [-0.3, -0.25) is 4.79 Å². The van der Waals surface area contributed by atoms with Crippen LogP contribution in [0.15, 0.2) is 29.2 Å². The third kappa shape index (κ3) is 4.05. The second-order valence-corrected chi connectivity index (χ2v) is 8.04. The number of halogens is 1. The van der Waals surface area contributed by atoms with Gasteiger partial charge in [-0.1, -0.05) is 17.7 Å². The number of carbonyl (C=O) groups excluding carboxylic acids is 1. The van der Waals surface area contributed by atoms with E-state index in [1.165, 1.54) is 16.4 Å². The highest BCUT2D eigenvalue weighted by atomic mass is 35.5. The molecule has 1 unspecified atom stereocenters. The fourth-order valence-electron chi connectivity index (χ4n) is 2.93. The lowest BCUT2D eigenvalue weighted by atomic mass is 9.98. The van der Waals surface area contributed by atoms with Gasteiger partial charge in [0.2, 0.25) is 15.9 Å². The van der Waals surface area contributed by atoms with Gasteiger partial charge in [0.25, 0.3) is 0 Å². The molecule has 1 aromatic rings. The lowest BCUT2D eigenvalue weighted by molar-refractivity contribution is -0.136. The lowest BCUT2D eigenvalue weighted by Gasteiger charge is -2.33. The maximum absolute atomic E-state index is 12.8. The minimum Gasteiger partial charge on any atom is -0.343 e. The Morgan fingerprint density at radius 1 is 1.35 bits per heavy atom. The van der Waals surface area contributed by atoms with Gasteiger partial charge in [-0.05, 0) is 44.9 Å². The topological polar surface area (TPSA) is 57.7 Å². The fraction of sp³-hybridized carbons (Fsp3) is 0.562. The number of hydrogen-bond donors (Lipinski definition) is 0. The lowest BCUT2D eigenvalue weighted by Crippen LogP contribution is -2.46. The summed E-state index contributed by atoms with van der Waals surface area (Å²) < 4.78 is 26.9. The van der Waals surface area contributed by atoms with Crippen LogP contribution < -0.4 is 0 Å². The predicted molar refractivity (Wildman–Crippen MR) is 90.9 cm³/mol. The Balaban J connectivity index is 2.19. The highest BCUT2D eigenvalue weighted by molar-refractivity contribution is 7.89. The highest BCUT2D eigenvalue weighted by Gasteiger charge is 2.34. The summed E-state index contributed by atoms with van der Waals surface area (Å²) in [4.78, 5) is 14.5. The molecule has 0 saturated carbocycles. The van der Waals surface area contributed by atoms with Crippen LogP contribution in [-0.2, 0) is 14.8 Å². The number of piperidine rings is 1. The molecule has 1 heterocycles. The highest BCUT2D eigenvalue weighted by Crippen LogP contribution is 2.26. The molecule has 0 N–H and O–H groups in total. The summed E-state index contributed by atoms with van der Waals surface area (Å²) in [7, 11) is -3.61. The van der Waals surface area contributed by atoms with Crippen molar-refractivity contribution in [3.63, 3.8) is 0 Å². The van der Waals surface area contributed by atoms with Crippen molar-refractivity contribution in [2.45, 2.75) is 31.6 Å². The minimum absolute atomic E-state index is 0.0426. The van der Waals surface area contributed by atoms with Crippen LogP contribution >= 0.6 is 11.6 Å².